The van der Waals surface area contributed by atoms with Gasteiger partial charge in [0.15, 0.2) is 23.5 Å². The van der Waals surface area contributed by atoms with Crippen LogP contribution in [0, 0.1) is 0 Å². The highest BCUT2D eigenvalue weighted by Crippen LogP contribution is 2.42. The fourth-order valence-electron chi connectivity index (χ4n) is 5.76. The minimum Gasteiger partial charge on any atom is -0.371 e. The molecule has 4 aromatic rings. The maximum absolute atomic E-state index is 6.53. The van der Waals surface area contributed by atoms with E-state index in [0.717, 1.165) is 33.1 Å². The molecule has 7 rings (SSSR count). The maximum atomic E-state index is 6.53. The third-order valence-electron chi connectivity index (χ3n) is 7.31. The molecule has 3 aliphatic rings. The molecular formula is C28H31N3O6. The third kappa shape index (κ3) is 4.01. The molecule has 0 saturated carbocycles. The van der Waals surface area contributed by atoms with Crippen molar-refractivity contribution in [1.29, 1.82) is 0 Å². The Morgan fingerprint density at radius 2 is 1.65 bits per heavy atom. The van der Waals surface area contributed by atoms with E-state index in [0.29, 0.717) is 19.8 Å². The van der Waals surface area contributed by atoms with E-state index in [1.165, 1.54) is 0 Å². The van der Waals surface area contributed by atoms with E-state index in [-0.39, 0.29) is 24.4 Å². The van der Waals surface area contributed by atoms with Crippen LogP contribution in [0.25, 0.3) is 33.1 Å². The van der Waals surface area contributed by atoms with Gasteiger partial charge in [0.25, 0.3) is 0 Å². The second-order valence-corrected chi connectivity index (χ2v) is 10.8. The first kappa shape index (κ1) is 23.5. The molecule has 9 nitrogen and oxygen atoms in total. The quantitative estimate of drug-likeness (QED) is 0.400. The number of benzene rings is 2. The highest BCUT2D eigenvalue weighted by Gasteiger charge is 2.58. The highest BCUT2D eigenvalue weighted by molar-refractivity contribution is 6.06. The van der Waals surface area contributed by atoms with Crippen molar-refractivity contribution in [2.45, 2.75) is 76.5 Å². The number of aromatic nitrogens is 3. The van der Waals surface area contributed by atoms with E-state index in [4.69, 9.17) is 38.4 Å². The van der Waals surface area contributed by atoms with Gasteiger partial charge in [-0.3, -0.25) is 0 Å². The Morgan fingerprint density at radius 3 is 2.43 bits per heavy atom. The number of hydrogen-bond donors (Lipinski definition) is 0. The topological polar surface area (TPSA) is 86.1 Å². The highest BCUT2D eigenvalue weighted by atomic mass is 16.8. The van der Waals surface area contributed by atoms with Crippen molar-refractivity contribution < 1.29 is 28.4 Å². The molecule has 2 aromatic carbocycles. The third-order valence-corrected chi connectivity index (χ3v) is 7.31. The fourth-order valence-corrected chi connectivity index (χ4v) is 5.76. The van der Waals surface area contributed by atoms with Gasteiger partial charge in [-0.1, -0.05) is 30.3 Å². The van der Waals surface area contributed by atoms with Crippen molar-refractivity contribution in [3.63, 3.8) is 0 Å². The molecule has 0 amide bonds. The zero-order valence-corrected chi connectivity index (χ0v) is 21.4. The summed E-state index contributed by atoms with van der Waals surface area (Å²) in [5.74, 6) is -1.40. The molecule has 0 spiro atoms. The summed E-state index contributed by atoms with van der Waals surface area (Å²) in [6, 6.07) is 16.2. The fraction of sp³-hybridized carbons (Fsp3) is 0.500. The summed E-state index contributed by atoms with van der Waals surface area (Å²) < 4.78 is 39.1. The standard InChI is InChI=1S/C28H31N3O6/c1-27(2)33-15-20(35-27)22-23(24-26(34-22)37-28(3,4)36-24)32-14-13-31-19-12-8-5-9-16(19)21-25(31)30-18-11-7-6-10-17(18)29-21/h5-12,20,22-24,26H,13-15H2,1-4H3/t20?,22-,23+,24-,26-/m1/s1. The predicted octanol–water partition coefficient (Wildman–Crippen LogP) is 4.15. The summed E-state index contributed by atoms with van der Waals surface area (Å²) in [6.07, 6.45) is -1.87. The van der Waals surface area contributed by atoms with Crippen LogP contribution in [0.5, 0.6) is 0 Å². The first-order chi connectivity index (χ1) is 17.8. The van der Waals surface area contributed by atoms with Crippen molar-refractivity contribution >= 4 is 33.1 Å². The smallest absolute Gasteiger partial charge is 0.190 e. The van der Waals surface area contributed by atoms with E-state index in [9.17, 15) is 0 Å². The number of ether oxygens (including phenoxy) is 6. The van der Waals surface area contributed by atoms with Gasteiger partial charge in [-0.05, 0) is 45.9 Å². The maximum Gasteiger partial charge on any atom is 0.190 e. The lowest BCUT2D eigenvalue weighted by molar-refractivity contribution is -0.236. The van der Waals surface area contributed by atoms with Crippen LogP contribution >= 0.6 is 0 Å². The van der Waals surface area contributed by atoms with Crippen LogP contribution in [0.3, 0.4) is 0 Å². The molecule has 3 fully saturated rings. The van der Waals surface area contributed by atoms with Crippen LogP contribution in [-0.2, 0) is 35.0 Å². The number of rotatable bonds is 5. The molecule has 0 aliphatic carbocycles. The van der Waals surface area contributed by atoms with Gasteiger partial charge in [0.2, 0.25) is 0 Å². The Hall–Kier alpha value is -2.66. The lowest BCUT2D eigenvalue weighted by atomic mass is 10.1. The zero-order chi connectivity index (χ0) is 25.4. The molecule has 2 aromatic heterocycles. The summed E-state index contributed by atoms with van der Waals surface area (Å²) in [6.45, 7) is 9.03. The normalized spacial score (nSPS) is 30.5. The second-order valence-electron chi connectivity index (χ2n) is 10.8. The van der Waals surface area contributed by atoms with Gasteiger partial charge in [-0.2, -0.15) is 0 Å². The van der Waals surface area contributed by atoms with Crippen LogP contribution in [0.4, 0.5) is 0 Å². The Labute approximate surface area is 214 Å². The number of fused-ring (bicyclic) bond motifs is 5. The monoisotopic (exact) mass is 505 g/mol. The van der Waals surface area contributed by atoms with Gasteiger partial charge >= 0.3 is 0 Å². The van der Waals surface area contributed by atoms with Gasteiger partial charge in [0.05, 0.1) is 29.8 Å². The first-order valence-electron chi connectivity index (χ1n) is 12.9. The first-order valence-corrected chi connectivity index (χ1v) is 12.9. The van der Waals surface area contributed by atoms with Gasteiger partial charge in [0, 0.05) is 11.9 Å². The Balaban J connectivity index is 1.18. The minimum absolute atomic E-state index is 0.272. The molecule has 194 valence electrons. The second kappa shape index (κ2) is 8.42. The lowest BCUT2D eigenvalue weighted by Gasteiger charge is -2.29. The van der Waals surface area contributed by atoms with Gasteiger partial charge in [-0.25, -0.2) is 9.97 Å². The Morgan fingerprint density at radius 1 is 0.892 bits per heavy atom. The molecule has 5 atom stereocenters. The van der Waals surface area contributed by atoms with Crippen molar-refractivity contribution in [2.75, 3.05) is 13.2 Å². The number of para-hydroxylation sites is 3. The average molecular weight is 506 g/mol. The van der Waals surface area contributed by atoms with E-state index in [1.54, 1.807) is 0 Å². The molecule has 0 bridgehead atoms. The van der Waals surface area contributed by atoms with Crippen molar-refractivity contribution in [2.24, 2.45) is 0 Å². The minimum atomic E-state index is -0.738. The number of nitrogens with zero attached hydrogens (tertiary/aromatic N) is 3. The van der Waals surface area contributed by atoms with Crippen LogP contribution < -0.4 is 0 Å². The van der Waals surface area contributed by atoms with Crippen molar-refractivity contribution in [3.8, 4) is 0 Å². The molecular weight excluding hydrogens is 474 g/mol. The van der Waals surface area contributed by atoms with Gasteiger partial charge in [-0.15, -0.1) is 0 Å². The van der Waals surface area contributed by atoms with Crippen LogP contribution in [0.1, 0.15) is 27.7 Å². The van der Waals surface area contributed by atoms with Gasteiger partial charge < -0.3 is 33.0 Å². The number of hydrogen-bond acceptors (Lipinski definition) is 8. The molecule has 0 radical (unpaired) electrons. The van der Waals surface area contributed by atoms with E-state index in [2.05, 4.69) is 16.7 Å². The lowest BCUT2D eigenvalue weighted by Crippen LogP contribution is -2.44. The predicted molar refractivity (Wildman–Crippen MR) is 136 cm³/mol. The van der Waals surface area contributed by atoms with E-state index < -0.39 is 17.9 Å². The molecule has 5 heterocycles. The zero-order valence-electron chi connectivity index (χ0n) is 21.4. The van der Waals surface area contributed by atoms with E-state index >= 15 is 0 Å². The van der Waals surface area contributed by atoms with Crippen LogP contribution in [0.15, 0.2) is 48.5 Å². The largest absolute Gasteiger partial charge is 0.371 e. The molecule has 37 heavy (non-hydrogen) atoms. The molecule has 0 N–H and O–H groups in total. The van der Waals surface area contributed by atoms with Gasteiger partial charge in [0.1, 0.15) is 29.9 Å². The summed E-state index contributed by atoms with van der Waals surface area (Å²) in [4.78, 5) is 9.91. The molecule has 3 aliphatic heterocycles. The van der Waals surface area contributed by atoms with Crippen molar-refractivity contribution in [3.05, 3.63) is 48.5 Å². The molecule has 1 unspecified atom stereocenters. The van der Waals surface area contributed by atoms with E-state index in [1.807, 2.05) is 64.1 Å². The summed E-state index contributed by atoms with van der Waals surface area (Å²) in [5.41, 5.74) is 4.56. The van der Waals surface area contributed by atoms with Crippen LogP contribution in [-0.4, -0.2) is 70.0 Å². The Kier molecular flexibility index (Phi) is 5.34. The van der Waals surface area contributed by atoms with Crippen molar-refractivity contribution in [1.82, 2.24) is 14.5 Å². The summed E-state index contributed by atoms with van der Waals surface area (Å²) in [7, 11) is 0. The van der Waals surface area contributed by atoms with Crippen LogP contribution in [0.2, 0.25) is 0 Å². The Bertz CT molecular complexity index is 1480. The molecule has 3 saturated heterocycles. The summed E-state index contributed by atoms with van der Waals surface area (Å²) >= 11 is 0. The molecule has 9 heteroatoms. The summed E-state index contributed by atoms with van der Waals surface area (Å²) in [5, 5.41) is 1.07. The SMILES string of the molecule is CC1(C)OCC([C@H]2O[C@@H]3OC(C)(C)O[C@@H]3[C@H]2OCCn2c3ccccc3c3nc4ccccc4nc32)O1. The average Bonchev–Trinajstić information content (AvgIpc) is 3.57.